The normalized spacial score (nSPS) is 10.9. The molecule has 0 fully saturated rings. The van der Waals surface area contributed by atoms with Gasteiger partial charge in [0.2, 0.25) is 0 Å². The molecular formula is C19H13N5O4. The van der Waals surface area contributed by atoms with E-state index in [0.29, 0.717) is 26.9 Å². The Morgan fingerprint density at radius 3 is 2.64 bits per heavy atom. The summed E-state index contributed by atoms with van der Waals surface area (Å²) in [6.07, 6.45) is 4.18. The van der Waals surface area contributed by atoms with Crippen molar-refractivity contribution < 1.29 is 9.65 Å². The lowest BCUT2D eigenvalue weighted by molar-refractivity contribution is -0.605. The van der Waals surface area contributed by atoms with Crippen LogP contribution < -0.4 is 10.3 Å². The van der Waals surface area contributed by atoms with E-state index >= 15 is 0 Å². The first kappa shape index (κ1) is 17.3. The van der Waals surface area contributed by atoms with Gasteiger partial charge in [-0.2, -0.15) is 9.83 Å². The number of hydrogen-bond acceptors (Lipinski definition) is 6. The quantitative estimate of drug-likeness (QED) is 0.233. The average molecular weight is 375 g/mol. The van der Waals surface area contributed by atoms with Gasteiger partial charge in [-0.05, 0) is 17.7 Å². The highest BCUT2D eigenvalue weighted by molar-refractivity contribution is 5.91. The third-order valence-electron chi connectivity index (χ3n) is 4.25. The molecule has 0 amide bonds. The van der Waals surface area contributed by atoms with Crippen LogP contribution in [0.25, 0.3) is 22.2 Å². The molecule has 3 aromatic heterocycles. The van der Waals surface area contributed by atoms with Crippen molar-refractivity contribution in [3.63, 3.8) is 0 Å². The van der Waals surface area contributed by atoms with Gasteiger partial charge in [0.25, 0.3) is 11.2 Å². The van der Waals surface area contributed by atoms with Crippen LogP contribution in [0.2, 0.25) is 0 Å². The molecule has 0 radical (unpaired) electrons. The van der Waals surface area contributed by atoms with E-state index in [1.165, 1.54) is 35.4 Å². The Morgan fingerprint density at radius 2 is 1.89 bits per heavy atom. The molecule has 0 atom stereocenters. The second kappa shape index (κ2) is 6.88. The van der Waals surface area contributed by atoms with Crippen LogP contribution in [0.3, 0.4) is 0 Å². The molecule has 0 unspecified atom stereocenters. The van der Waals surface area contributed by atoms with Crippen molar-refractivity contribution >= 4 is 16.6 Å². The molecule has 28 heavy (non-hydrogen) atoms. The number of benzene rings is 1. The van der Waals surface area contributed by atoms with E-state index in [1.807, 2.05) is 0 Å². The van der Waals surface area contributed by atoms with E-state index in [4.69, 9.17) is 0 Å². The van der Waals surface area contributed by atoms with Crippen molar-refractivity contribution in [2.24, 2.45) is 0 Å². The molecule has 4 rings (SSSR count). The second-order valence-electron chi connectivity index (χ2n) is 6.08. The third-order valence-corrected chi connectivity index (χ3v) is 4.25. The summed E-state index contributed by atoms with van der Waals surface area (Å²) in [6, 6.07) is 12.6. The Kier molecular flexibility index (Phi) is 4.24. The van der Waals surface area contributed by atoms with Crippen LogP contribution in [0.5, 0.6) is 0 Å². The molecule has 3 heterocycles. The molecule has 9 heteroatoms. The predicted molar refractivity (Wildman–Crippen MR) is 100 cm³/mol. The number of non-ortho nitro benzene ring substituents is 1. The summed E-state index contributed by atoms with van der Waals surface area (Å²) in [5, 5.41) is 27.3. The van der Waals surface area contributed by atoms with E-state index in [0.717, 1.165) is 0 Å². The Morgan fingerprint density at radius 1 is 1.11 bits per heavy atom. The van der Waals surface area contributed by atoms with Crippen LogP contribution in [0, 0.1) is 15.3 Å². The molecule has 1 aromatic carbocycles. The van der Waals surface area contributed by atoms with E-state index in [1.54, 1.807) is 36.4 Å². The number of rotatable bonds is 4. The maximum absolute atomic E-state index is 12.8. The first-order valence-electron chi connectivity index (χ1n) is 8.31. The Hall–Kier alpha value is -4.14. The summed E-state index contributed by atoms with van der Waals surface area (Å²) >= 11 is 0. The molecular weight excluding hydrogens is 362 g/mol. The fourth-order valence-corrected chi connectivity index (χ4v) is 2.92. The predicted octanol–water partition coefficient (Wildman–Crippen LogP) is 2.05. The molecule has 0 aliphatic carbocycles. The maximum Gasteiger partial charge on any atom is 0.293 e. The van der Waals surface area contributed by atoms with Gasteiger partial charge < -0.3 is 5.21 Å². The molecule has 0 spiro atoms. The molecule has 0 aliphatic heterocycles. The van der Waals surface area contributed by atoms with Gasteiger partial charge in [-0.3, -0.25) is 19.9 Å². The summed E-state index contributed by atoms with van der Waals surface area (Å²) in [4.78, 5) is 27.6. The number of aromatic nitrogens is 4. The van der Waals surface area contributed by atoms with Crippen LogP contribution in [-0.2, 0) is 6.54 Å². The molecule has 0 saturated carbocycles. The van der Waals surface area contributed by atoms with Gasteiger partial charge in [0.05, 0.1) is 11.5 Å². The summed E-state index contributed by atoms with van der Waals surface area (Å²) in [5.74, 6) is 0. The monoisotopic (exact) mass is 375 g/mol. The van der Waals surface area contributed by atoms with Gasteiger partial charge in [0, 0.05) is 41.4 Å². The minimum atomic E-state index is -0.484. The van der Waals surface area contributed by atoms with Crippen LogP contribution in [0.4, 0.5) is 5.69 Å². The van der Waals surface area contributed by atoms with Gasteiger partial charge in [-0.15, -0.1) is 0 Å². The molecule has 0 bridgehead atoms. The highest BCUT2D eigenvalue weighted by Gasteiger charge is 2.16. The highest BCUT2D eigenvalue weighted by atomic mass is 16.6. The minimum Gasteiger partial charge on any atom is -0.619 e. The van der Waals surface area contributed by atoms with Gasteiger partial charge in [0.1, 0.15) is 11.2 Å². The number of nitro benzene ring substituents is 1. The first-order valence-corrected chi connectivity index (χ1v) is 8.31. The number of pyridine rings is 2. The van der Waals surface area contributed by atoms with E-state index in [-0.39, 0.29) is 23.3 Å². The summed E-state index contributed by atoms with van der Waals surface area (Å²) < 4.78 is 1.89. The zero-order chi connectivity index (χ0) is 19.7. The standard InChI is InChI=1S/C19H13N5O4/c25-19-18-16(5-2-8-20-18)17(14-3-1-4-15(11-14)24(27)28)21-23(19)12-13-6-9-22(26)10-7-13/h1-11H,12H2. The maximum atomic E-state index is 12.8. The van der Waals surface area contributed by atoms with Crippen LogP contribution in [0.15, 0.2) is 71.9 Å². The molecule has 0 saturated heterocycles. The fraction of sp³-hybridized carbons (Fsp3) is 0.0526. The first-order chi connectivity index (χ1) is 13.5. The van der Waals surface area contributed by atoms with Crippen molar-refractivity contribution in [1.29, 1.82) is 0 Å². The smallest absolute Gasteiger partial charge is 0.293 e. The molecule has 138 valence electrons. The van der Waals surface area contributed by atoms with E-state index in [9.17, 15) is 20.1 Å². The topological polar surface area (TPSA) is 118 Å². The number of hydrogen-bond donors (Lipinski definition) is 0. The molecule has 9 nitrogen and oxygen atoms in total. The van der Waals surface area contributed by atoms with Gasteiger partial charge >= 0.3 is 0 Å². The largest absolute Gasteiger partial charge is 0.619 e. The lowest BCUT2D eigenvalue weighted by Gasteiger charge is -2.11. The lowest BCUT2D eigenvalue weighted by Crippen LogP contribution is -2.27. The van der Waals surface area contributed by atoms with Crippen molar-refractivity contribution in [3.05, 3.63) is 98.4 Å². The van der Waals surface area contributed by atoms with E-state index in [2.05, 4.69) is 10.1 Å². The zero-order valence-corrected chi connectivity index (χ0v) is 14.4. The Balaban J connectivity index is 1.92. The van der Waals surface area contributed by atoms with Gasteiger partial charge in [-0.1, -0.05) is 12.1 Å². The van der Waals surface area contributed by atoms with Crippen LogP contribution in [-0.4, -0.2) is 19.7 Å². The molecule has 0 N–H and O–H groups in total. The van der Waals surface area contributed by atoms with E-state index < -0.39 is 4.92 Å². The second-order valence-corrected chi connectivity index (χ2v) is 6.08. The number of fused-ring (bicyclic) bond motifs is 1. The van der Waals surface area contributed by atoms with Crippen LogP contribution in [0.1, 0.15) is 5.56 Å². The fourth-order valence-electron chi connectivity index (χ4n) is 2.92. The SMILES string of the molecule is O=c1c2ncccc2c(-c2cccc([N+](=O)[O-])c2)nn1Cc1cc[n+]([O-])cc1. The minimum absolute atomic E-state index is 0.0721. The third kappa shape index (κ3) is 3.16. The molecule has 4 aromatic rings. The zero-order valence-electron chi connectivity index (χ0n) is 14.4. The van der Waals surface area contributed by atoms with Gasteiger partial charge in [-0.25, -0.2) is 4.68 Å². The number of nitrogens with zero attached hydrogens (tertiary/aromatic N) is 5. The van der Waals surface area contributed by atoms with Gasteiger partial charge in [0.15, 0.2) is 12.4 Å². The van der Waals surface area contributed by atoms with Crippen molar-refractivity contribution in [2.45, 2.75) is 6.54 Å². The summed E-state index contributed by atoms with van der Waals surface area (Å²) in [6.45, 7) is 0.133. The van der Waals surface area contributed by atoms with Crippen LogP contribution >= 0.6 is 0 Å². The molecule has 0 aliphatic rings. The lowest BCUT2D eigenvalue weighted by atomic mass is 10.1. The summed E-state index contributed by atoms with van der Waals surface area (Å²) in [5.41, 5.74) is 1.39. The number of nitro groups is 1. The Labute approximate surface area is 157 Å². The summed E-state index contributed by atoms with van der Waals surface area (Å²) in [7, 11) is 0. The highest BCUT2D eigenvalue weighted by Crippen LogP contribution is 2.26. The average Bonchev–Trinajstić information content (AvgIpc) is 2.72. The van der Waals surface area contributed by atoms with Crippen molar-refractivity contribution in [2.75, 3.05) is 0 Å². The van der Waals surface area contributed by atoms with Crippen molar-refractivity contribution in [3.8, 4) is 11.3 Å². The van der Waals surface area contributed by atoms with Crippen molar-refractivity contribution in [1.82, 2.24) is 14.8 Å². The Bertz CT molecular complexity index is 1250.